The van der Waals surface area contributed by atoms with Crippen LogP contribution in [-0.4, -0.2) is 53.6 Å². The fraction of sp³-hybridized carbons (Fsp3) is 0.286. The number of nitrogens with one attached hydrogen (secondary N) is 1. The number of benzene rings is 1. The largest absolute Gasteiger partial charge is 0.466 e. The Balaban J connectivity index is 2.48. The lowest BCUT2D eigenvalue weighted by Gasteiger charge is -2.15. The van der Waals surface area contributed by atoms with E-state index >= 15 is 0 Å². The number of anilines is 1. The van der Waals surface area contributed by atoms with Crippen LogP contribution in [0, 0.1) is 21.7 Å². The third-order valence-corrected chi connectivity index (χ3v) is 3.45. The lowest BCUT2D eigenvalue weighted by Crippen LogP contribution is -2.31. The number of β-amino-alcohol motifs (C(OH)–C–C–N with tert-alkyl or cyclic N) is 1. The molecule has 1 aromatic rings. The van der Waals surface area contributed by atoms with E-state index in [1.54, 1.807) is 0 Å². The summed E-state index contributed by atoms with van der Waals surface area (Å²) in [6, 6.07) is 0.873. The van der Waals surface area contributed by atoms with Crippen molar-refractivity contribution < 1.29 is 33.1 Å². The van der Waals surface area contributed by atoms with Crippen LogP contribution in [0.25, 0.3) is 0 Å². The predicted molar refractivity (Wildman–Crippen MR) is 79.3 cm³/mol. The molecule has 0 saturated carbocycles. The Morgan fingerprint density at radius 1 is 1.44 bits per heavy atom. The topological polar surface area (TPSA) is 122 Å². The van der Waals surface area contributed by atoms with Gasteiger partial charge in [0.2, 0.25) is 0 Å². The van der Waals surface area contributed by atoms with Crippen LogP contribution in [0.2, 0.25) is 0 Å². The number of carbonyl (C=O) groups excluding carboxylic acids is 2. The first-order valence-corrected chi connectivity index (χ1v) is 6.92. The van der Waals surface area contributed by atoms with Crippen LogP contribution in [-0.2, 0) is 14.3 Å². The van der Waals surface area contributed by atoms with E-state index in [1.807, 2.05) is 0 Å². The first-order chi connectivity index (χ1) is 11.8. The number of esters is 1. The summed E-state index contributed by atoms with van der Waals surface area (Å²) in [5.74, 6) is -4.42. The van der Waals surface area contributed by atoms with Gasteiger partial charge in [0, 0.05) is 12.6 Å². The second-order valence-corrected chi connectivity index (χ2v) is 4.96. The number of hydrogen-bond acceptors (Lipinski definition) is 7. The summed E-state index contributed by atoms with van der Waals surface area (Å²) < 4.78 is 31.2. The van der Waals surface area contributed by atoms with E-state index in [0.717, 1.165) is 12.0 Å². The summed E-state index contributed by atoms with van der Waals surface area (Å²) in [4.78, 5) is 35.3. The van der Waals surface area contributed by atoms with Crippen LogP contribution in [0.4, 0.5) is 20.2 Å². The maximum absolute atomic E-state index is 13.4. The zero-order valence-corrected chi connectivity index (χ0v) is 12.9. The van der Waals surface area contributed by atoms with Gasteiger partial charge in [-0.1, -0.05) is 0 Å². The molecule has 25 heavy (non-hydrogen) atoms. The van der Waals surface area contributed by atoms with Gasteiger partial charge in [-0.25, -0.2) is 13.6 Å². The van der Waals surface area contributed by atoms with Crippen molar-refractivity contribution in [1.82, 2.24) is 4.90 Å². The highest BCUT2D eigenvalue weighted by Gasteiger charge is 2.35. The zero-order chi connectivity index (χ0) is 18.7. The molecule has 0 aliphatic carbocycles. The molecule has 1 aliphatic rings. The molecule has 2 rings (SSSR count). The van der Waals surface area contributed by atoms with Crippen LogP contribution in [0.5, 0.6) is 0 Å². The summed E-state index contributed by atoms with van der Waals surface area (Å²) in [6.07, 6.45) is 0. The molecular formula is C14H13F2N3O6. The molecule has 11 heteroatoms. The summed E-state index contributed by atoms with van der Waals surface area (Å²) in [6.45, 7) is -0.672. The van der Waals surface area contributed by atoms with Crippen molar-refractivity contribution >= 4 is 23.3 Å². The maximum Gasteiger partial charge on any atom is 0.337 e. The van der Waals surface area contributed by atoms with Crippen LogP contribution in [0.15, 0.2) is 23.4 Å². The van der Waals surface area contributed by atoms with E-state index in [4.69, 9.17) is 5.11 Å². The van der Waals surface area contributed by atoms with E-state index in [1.165, 1.54) is 0 Å². The molecule has 0 fully saturated rings. The summed E-state index contributed by atoms with van der Waals surface area (Å²) in [5.41, 5.74) is -1.84. The number of amides is 1. The molecule has 9 nitrogen and oxygen atoms in total. The van der Waals surface area contributed by atoms with Crippen molar-refractivity contribution in [1.29, 1.82) is 0 Å². The second-order valence-electron chi connectivity index (χ2n) is 4.96. The number of halogens is 2. The van der Waals surface area contributed by atoms with Gasteiger partial charge in [0.25, 0.3) is 11.6 Å². The first kappa shape index (κ1) is 18.3. The highest BCUT2D eigenvalue weighted by molar-refractivity contribution is 6.08. The van der Waals surface area contributed by atoms with Gasteiger partial charge in [-0.05, 0) is 0 Å². The monoisotopic (exact) mass is 357 g/mol. The molecule has 1 heterocycles. The third kappa shape index (κ3) is 3.55. The van der Waals surface area contributed by atoms with Gasteiger partial charge in [0.15, 0.2) is 11.6 Å². The molecule has 1 aliphatic heterocycles. The average molecular weight is 357 g/mol. The molecular weight excluding hydrogens is 344 g/mol. The Hall–Kier alpha value is -3.08. The number of nitro groups is 1. The summed E-state index contributed by atoms with van der Waals surface area (Å²) in [7, 11) is 1.08. The number of aliphatic hydroxyl groups is 1. The number of ether oxygens (including phenoxy) is 1. The smallest absolute Gasteiger partial charge is 0.337 e. The molecule has 1 aromatic carbocycles. The number of nitrogens with zero attached hydrogens (tertiary/aromatic N) is 2. The van der Waals surface area contributed by atoms with Crippen molar-refractivity contribution in [3.63, 3.8) is 0 Å². The van der Waals surface area contributed by atoms with Crippen LogP contribution in [0.1, 0.15) is 0 Å². The van der Waals surface area contributed by atoms with Crippen molar-refractivity contribution in [2.75, 3.05) is 32.1 Å². The molecule has 0 saturated heterocycles. The number of rotatable bonds is 6. The van der Waals surface area contributed by atoms with Gasteiger partial charge in [0.1, 0.15) is 11.4 Å². The molecule has 2 N–H and O–H groups in total. The Morgan fingerprint density at radius 3 is 2.64 bits per heavy atom. The molecule has 0 unspecified atom stereocenters. The molecule has 1 amide bonds. The van der Waals surface area contributed by atoms with Gasteiger partial charge < -0.3 is 20.1 Å². The van der Waals surface area contributed by atoms with Crippen molar-refractivity contribution in [3.05, 3.63) is 45.2 Å². The predicted octanol–water partition coefficient (Wildman–Crippen LogP) is 0.546. The average Bonchev–Trinajstić information content (AvgIpc) is 2.87. The fourth-order valence-electron chi connectivity index (χ4n) is 2.27. The summed E-state index contributed by atoms with van der Waals surface area (Å²) in [5, 5.41) is 22.3. The van der Waals surface area contributed by atoms with Gasteiger partial charge in [-0.15, -0.1) is 0 Å². The minimum Gasteiger partial charge on any atom is -0.466 e. The van der Waals surface area contributed by atoms with E-state index in [-0.39, 0.29) is 31.0 Å². The molecule has 0 aromatic heterocycles. The standard InChI is InChI=1S/C14H13F2N3O6/c1-25-14(22)7-6-18(2-3-20)13(21)12(7)17-10-4-8(15)9(16)5-11(10)19(23)24/h4-5,17,20H,2-3,6H2,1H3. The number of methoxy groups -OCH3 is 1. The van der Waals surface area contributed by atoms with Crippen molar-refractivity contribution in [2.24, 2.45) is 0 Å². The lowest BCUT2D eigenvalue weighted by atomic mass is 10.2. The molecule has 0 radical (unpaired) electrons. The zero-order valence-electron chi connectivity index (χ0n) is 12.9. The van der Waals surface area contributed by atoms with E-state index < -0.39 is 39.8 Å². The number of carbonyl (C=O) groups is 2. The minimum absolute atomic E-state index is 0.0929. The van der Waals surface area contributed by atoms with E-state index in [2.05, 4.69) is 10.1 Å². The highest BCUT2D eigenvalue weighted by Crippen LogP contribution is 2.31. The maximum atomic E-state index is 13.4. The fourth-order valence-corrected chi connectivity index (χ4v) is 2.27. The van der Waals surface area contributed by atoms with Gasteiger partial charge in [0.05, 0.1) is 36.8 Å². The Morgan fingerprint density at radius 2 is 2.08 bits per heavy atom. The van der Waals surface area contributed by atoms with Crippen LogP contribution < -0.4 is 5.32 Å². The Labute approximate surface area is 139 Å². The first-order valence-electron chi connectivity index (χ1n) is 6.92. The van der Waals surface area contributed by atoms with Crippen LogP contribution >= 0.6 is 0 Å². The Kier molecular flexibility index (Phi) is 5.27. The SMILES string of the molecule is COC(=O)C1=C(Nc2cc(F)c(F)cc2[N+](=O)[O-])C(=O)N(CCO)C1. The third-order valence-electron chi connectivity index (χ3n) is 3.45. The number of hydrogen-bond donors (Lipinski definition) is 2. The highest BCUT2D eigenvalue weighted by atomic mass is 19.2. The molecule has 0 atom stereocenters. The minimum atomic E-state index is -1.43. The molecule has 0 bridgehead atoms. The summed E-state index contributed by atoms with van der Waals surface area (Å²) >= 11 is 0. The second kappa shape index (κ2) is 7.21. The molecule has 0 spiro atoms. The van der Waals surface area contributed by atoms with E-state index in [9.17, 15) is 28.5 Å². The van der Waals surface area contributed by atoms with Gasteiger partial charge in [-0.3, -0.25) is 14.9 Å². The van der Waals surface area contributed by atoms with Crippen molar-refractivity contribution in [3.8, 4) is 0 Å². The lowest BCUT2D eigenvalue weighted by molar-refractivity contribution is -0.384. The number of aliphatic hydroxyl groups excluding tert-OH is 1. The van der Waals surface area contributed by atoms with Gasteiger partial charge >= 0.3 is 5.97 Å². The Bertz CT molecular complexity index is 780. The van der Waals surface area contributed by atoms with E-state index in [0.29, 0.717) is 12.1 Å². The van der Waals surface area contributed by atoms with Gasteiger partial charge in [-0.2, -0.15) is 0 Å². The number of nitro benzene ring substituents is 1. The quantitative estimate of drug-likeness (QED) is 0.433. The van der Waals surface area contributed by atoms with Crippen molar-refractivity contribution in [2.45, 2.75) is 0 Å². The normalized spacial score (nSPS) is 14.1. The molecule has 134 valence electrons. The van der Waals surface area contributed by atoms with Crippen LogP contribution in [0.3, 0.4) is 0 Å².